The number of ether oxygens (including phenoxy) is 1. The molecule has 2 aliphatic heterocycles. The molecule has 0 radical (unpaired) electrons. The number of hydrogen-bond donors (Lipinski definition) is 1. The van der Waals surface area contributed by atoms with E-state index < -0.39 is 21.9 Å². The minimum atomic E-state index is -3.65. The number of nitrogens with one attached hydrogen (secondary N) is 1. The Labute approximate surface area is 254 Å². The largest absolute Gasteiger partial charge is 0.458 e. The lowest BCUT2D eigenvalue weighted by Gasteiger charge is -2.40. The normalized spacial score (nSPS) is 21.8. The first kappa shape index (κ1) is 29.0. The van der Waals surface area contributed by atoms with Gasteiger partial charge in [0.25, 0.3) is 5.91 Å². The summed E-state index contributed by atoms with van der Waals surface area (Å²) in [4.78, 5) is 28.4. The summed E-state index contributed by atoms with van der Waals surface area (Å²) in [7, 11) is -3.65. The maximum Gasteiger partial charge on any atom is 0.344 e. The lowest BCUT2D eigenvalue weighted by molar-refractivity contribution is 0.0202. The Morgan fingerprint density at radius 1 is 1.02 bits per heavy atom. The number of halogens is 2. The molecule has 12 heteroatoms. The van der Waals surface area contributed by atoms with Crippen LogP contribution in [0.25, 0.3) is 11.3 Å². The molecular weight excluding hydrogens is 601 g/mol. The van der Waals surface area contributed by atoms with Gasteiger partial charge in [-0.05, 0) is 68.5 Å². The van der Waals surface area contributed by atoms with Crippen LogP contribution in [0.3, 0.4) is 0 Å². The second-order valence-electron chi connectivity index (χ2n) is 11.2. The number of anilines is 1. The molecule has 1 aliphatic carbocycles. The van der Waals surface area contributed by atoms with Crippen molar-refractivity contribution in [3.8, 4) is 11.3 Å². The second kappa shape index (κ2) is 11.5. The van der Waals surface area contributed by atoms with Crippen molar-refractivity contribution >= 4 is 50.8 Å². The highest BCUT2D eigenvalue weighted by molar-refractivity contribution is 7.90. The van der Waals surface area contributed by atoms with Crippen molar-refractivity contribution in [1.82, 2.24) is 9.88 Å². The average molecular weight is 633 g/mol. The van der Waals surface area contributed by atoms with Crippen molar-refractivity contribution in [3.05, 3.63) is 69.4 Å². The number of esters is 1. The lowest BCUT2D eigenvalue weighted by Crippen LogP contribution is -2.46. The third-order valence-electron chi connectivity index (χ3n) is 8.18. The van der Waals surface area contributed by atoms with Crippen LogP contribution in [0.4, 0.5) is 5.69 Å². The third kappa shape index (κ3) is 5.76. The number of aromatic nitrogens is 1. The molecular formula is C30H31Cl2N3O6S. The zero-order chi connectivity index (χ0) is 29.6. The molecule has 9 nitrogen and oxygen atoms in total. The number of fused-ring (bicyclic) bond motifs is 2. The van der Waals surface area contributed by atoms with Crippen LogP contribution in [0.2, 0.25) is 10.0 Å². The standard InChI is InChI=1S/C30H31Cl2N3O6S/c1-2-14-42(38,39)34-29(36)18-8-10-19(11-9-18)35-20-12-13-21(35)16-22(15-20)40-30(37)26-27(33-41-28(26)17-6-7-17)25-23(31)4-3-5-24(25)32/h3-5,8-11,17,20-22H,2,6-7,12-16H2,1H3,(H,34,36)/t20-,21+,22+. The van der Waals surface area contributed by atoms with Gasteiger partial charge in [0.1, 0.15) is 17.4 Å². The number of amides is 1. The zero-order valence-corrected chi connectivity index (χ0v) is 25.3. The zero-order valence-electron chi connectivity index (χ0n) is 23.0. The van der Waals surface area contributed by atoms with Crippen molar-refractivity contribution in [2.24, 2.45) is 0 Å². The Bertz CT molecular complexity index is 1590. The van der Waals surface area contributed by atoms with E-state index in [-0.39, 0.29) is 35.4 Å². The van der Waals surface area contributed by atoms with E-state index in [0.717, 1.165) is 31.4 Å². The molecule has 1 aromatic heterocycles. The number of hydrogen-bond acceptors (Lipinski definition) is 8. The van der Waals surface area contributed by atoms with Gasteiger partial charge < -0.3 is 14.2 Å². The van der Waals surface area contributed by atoms with E-state index in [2.05, 4.69) is 14.8 Å². The average Bonchev–Trinajstić information content (AvgIpc) is 3.63. The summed E-state index contributed by atoms with van der Waals surface area (Å²) >= 11 is 12.9. The van der Waals surface area contributed by atoms with Crippen LogP contribution in [0, 0.1) is 0 Å². The summed E-state index contributed by atoms with van der Waals surface area (Å²) < 4.78 is 37.9. The molecule has 3 aliphatic rings. The van der Waals surface area contributed by atoms with E-state index >= 15 is 0 Å². The van der Waals surface area contributed by atoms with E-state index in [9.17, 15) is 18.0 Å². The summed E-state index contributed by atoms with van der Waals surface area (Å²) in [6, 6.07) is 12.4. The fourth-order valence-corrected chi connectivity index (χ4v) is 7.80. The van der Waals surface area contributed by atoms with Crippen LogP contribution in [0.1, 0.15) is 84.3 Å². The number of carbonyl (C=O) groups excluding carboxylic acids is 2. The fourth-order valence-electron chi connectivity index (χ4n) is 6.18. The quantitative estimate of drug-likeness (QED) is 0.271. The number of carbonyl (C=O) groups is 2. The smallest absolute Gasteiger partial charge is 0.344 e. The summed E-state index contributed by atoms with van der Waals surface area (Å²) in [6.45, 7) is 1.74. The highest BCUT2D eigenvalue weighted by Gasteiger charge is 2.44. The second-order valence-corrected chi connectivity index (χ2v) is 13.9. The molecule has 6 rings (SSSR count). The van der Waals surface area contributed by atoms with Gasteiger partial charge in [-0.15, -0.1) is 0 Å². The van der Waals surface area contributed by atoms with Gasteiger partial charge in [0, 0.05) is 47.7 Å². The van der Waals surface area contributed by atoms with Crippen molar-refractivity contribution in [2.45, 2.75) is 76.0 Å². The SMILES string of the molecule is CCCS(=O)(=O)NC(=O)c1ccc(N2[C@@H]3CC[C@H]2C[C@@H](OC(=O)c2c(-c4c(Cl)cccc4Cl)noc2C2CC2)C3)cc1. The summed E-state index contributed by atoms with van der Waals surface area (Å²) in [6.07, 6.45) is 5.21. The van der Waals surface area contributed by atoms with Gasteiger partial charge >= 0.3 is 5.97 Å². The van der Waals surface area contributed by atoms with Crippen molar-refractivity contribution in [2.75, 3.05) is 10.7 Å². The first-order chi connectivity index (χ1) is 20.1. The molecule has 2 bridgehead atoms. The van der Waals surface area contributed by atoms with Gasteiger partial charge in [-0.3, -0.25) is 4.79 Å². The Morgan fingerprint density at radius 3 is 2.26 bits per heavy atom. The van der Waals surface area contributed by atoms with Crippen LogP contribution in [0.5, 0.6) is 0 Å². The number of benzene rings is 2. The number of piperidine rings is 1. The molecule has 3 heterocycles. The molecule has 0 unspecified atom stereocenters. The van der Waals surface area contributed by atoms with Crippen LogP contribution >= 0.6 is 23.2 Å². The minimum absolute atomic E-state index is 0.103. The van der Waals surface area contributed by atoms with Gasteiger partial charge in [0.15, 0.2) is 5.76 Å². The Balaban J connectivity index is 1.16. The molecule has 0 spiro atoms. The van der Waals surface area contributed by atoms with E-state index in [4.69, 9.17) is 32.5 Å². The molecule has 3 atom stereocenters. The summed E-state index contributed by atoms with van der Waals surface area (Å²) in [5.74, 6) is -0.563. The highest BCUT2D eigenvalue weighted by Crippen LogP contribution is 2.47. The molecule has 1 amide bonds. The van der Waals surface area contributed by atoms with Crippen molar-refractivity contribution in [1.29, 1.82) is 0 Å². The molecule has 3 fully saturated rings. The Morgan fingerprint density at radius 2 is 1.67 bits per heavy atom. The van der Waals surface area contributed by atoms with Crippen LogP contribution in [0.15, 0.2) is 47.0 Å². The van der Waals surface area contributed by atoms with Crippen LogP contribution in [-0.4, -0.2) is 49.4 Å². The first-order valence-corrected chi connectivity index (χ1v) is 16.6. The van der Waals surface area contributed by atoms with Gasteiger partial charge in [-0.2, -0.15) is 0 Å². The number of sulfonamides is 1. The maximum absolute atomic E-state index is 13.7. The van der Waals surface area contributed by atoms with Gasteiger partial charge in [-0.25, -0.2) is 17.9 Å². The van der Waals surface area contributed by atoms with E-state index in [1.165, 1.54) is 0 Å². The molecule has 2 aromatic carbocycles. The predicted molar refractivity (Wildman–Crippen MR) is 160 cm³/mol. The highest BCUT2D eigenvalue weighted by atomic mass is 35.5. The molecule has 3 aromatic rings. The monoisotopic (exact) mass is 631 g/mol. The van der Waals surface area contributed by atoms with Crippen molar-refractivity contribution < 1.29 is 27.3 Å². The molecule has 42 heavy (non-hydrogen) atoms. The van der Waals surface area contributed by atoms with Gasteiger partial charge in [0.05, 0.1) is 15.8 Å². The molecule has 1 saturated carbocycles. The molecule has 1 N–H and O–H groups in total. The van der Waals surface area contributed by atoms with Gasteiger partial charge in [0.2, 0.25) is 10.0 Å². The van der Waals surface area contributed by atoms with Crippen LogP contribution in [-0.2, 0) is 14.8 Å². The topological polar surface area (TPSA) is 119 Å². The fraction of sp³-hybridized carbons (Fsp3) is 0.433. The maximum atomic E-state index is 13.7. The number of rotatable bonds is 9. The van der Waals surface area contributed by atoms with E-state index in [0.29, 0.717) is 51.9 Å². The number of nitrogens with zero attached hydrogens (tertiary/aromatic N) is 2. The first-order valence-electron chi connectivity index (χ1n) is 14.2. The van der Waals surface area contributed by atoms with Crippen LogP contribution < -0.4 is 9.62 Å². The predicted octanol–water partition coefficient (Wildman–Crippen LogP) is 6.35. The Kier molecular flexibility index (Phi) is 7.97. The van der Waals surface area contributed by atoms with Crippen molar-refractivity contribution in [3.63, 3.8) is 0 Å². The minimum Gasteiger partial charge on any atom is -0.458 e. The molecule has 222 valence electrons. The lowest BCUT2D eigenvalue weighted by atomic mass is 9.98. The molecule has 2 saturated heterocycles. The Hall–Kier alpha value is -3.08. The third-order valence-corrected chi connectivity index (χ3v) is 10.3. The van der Waals surface area contributed by atoms with Gasteiger partial charge in [-0.1, -0.05) is 41.3 Å². The van der Waals surface area contributed by atoms with E-state index in [1.54, 1.807) is 37.3 Å². The summed E-state index contributed by atoms with van der Waals surface area (Å²) in [5.41, 5.74) is 2.30. The van der Waals surface area contributed by atoms with E-state index in [1.807, 2.05) is 12.1 Å². The summed E-state index contributed by atoms with van der Waals surface area (Å²) in [5, 5.41) is 4.97.